The van der Waals surface area contributed by atoms with Crippen LogP contribution >= 0.6 is 0 Å². The fourth-order valence-corrected chi connectivity index (χ4v) is 1.09. The zero-order valence-corrected chi connectivity index (χ0v) is 7.43. The molecular formula is C9H12N2O2. The molecule has 0 saturated carbocycles. The third-order valence-corrected chi connectivity index (χ3v) is 1.81. The van der Waals surface area contributed by atoms with Crippen LogP contribution in [0.15, 0.2) is 24.5 Å². The molecule has 1 atom stereocenters. The summed E-state index contributed by atoms with van der Waals surface area (Å²) in [7, 11) is 1.35. The fraction of sp³-hybridized carbons (Fsp3) is 0.333. The summed E-state index contributed by atoms with van der Waals surface area (Å²) in [4.78, 5) is 15.1. The molecule has 13 heavy (non-hydrogen) atoms. The van der Waals surface area contributed by atoms with E-state index in [0.717, 1.165) is 5.56 Å². The summed E-state index contributed by atoms with van der Waals surface area (Å²) in [6.45, 7) is 0.234. The Morgan fingerprint density at radius 2 is 2.54 bits per heavy atom. The van der Waals surface area contributed by atoms with Gasteiger partial charge in [0.2, 0.25) is 0 Å². The number of nitrogens with zero attached hydrogens (tertiary/aromatic N) is 1. The monoisotopic (exact) mass is 180 g/mol. The van der Waals surface area contributed by atoms with Gasteiger partial charge in [0.1, 0.15) is 0 Å². The molecule has 0 amide bonds. The first-order valence-corrected chi connectivity index (χ1v) is 3.97. The van der Waals surface area contributed by atoms with E-state index in [0.29, 0.717) is 0 Å². The normalized spacial score (nSPS) is 12.2. The minimum Gasteiger partial charge on any atom is -0.469 e. The van der Waals surface area contributed by atoms with Crippen molar-refractivity contribution in [3.63, 3.8) is 0 Å². The molecule has 70 valence electrons. The van der Waals surface area contributed by atoms with Crippen molar-refractivity contribution in [2.24, 2.45) is 5.73 Å². The van der Waals surface area contributed by atoms with Crippen LogP contribution in [-0.4, -0.2) is 24.6 Å². The summed E-state index contributed by atoms with van der Waals surface area (Å²) in [5.41, 5.74) is 6.24. The van der Waals surface area contributed by atoms with Crippen molar-refractivity contribution in [3.8, 4) is 0 Å². The van der Waals surface area contributed by atoms with E-state index < -0.39 is 5.92 Å². The fourth-order valence-electron chi connectivity index (χ4n) is 1.09. The summed E-state index contributed by atoms with van der Waals surface area (Å²) >= 11 is 0. The first-order valence-electron chi connectivity index (χ1n) is 3.97. The molecule has 0 aromatic carbocycles. The molecule has 1 aromatic heterocycles. The highest BCUT2D eigenvalue weighted by molar-refractivity contribution is 5.78. The summed E-state index contributed by atoms with van der Waals surface area (Å²) < 4.78 is 4.61. The lowest BCUT2D eigenvalue weighted by atomic mass is 10.0. The highest BCUT2D eigenvalue weighted by Gasteiger charge is 2.19. The third kappa shape index (κ3) is 2.26. The van der Waals surface area contributed by atoms with Gasteiger partial charge in [-0.15, -0.1) is 0 Å². The number of pyridine rings is 1. The second kappa shape index (κ2) is 4.57. The van der Waals surface area contributed by atoms with Crippen LogP contribution in [0.4, 0.5) is 0 Å². The van der Waals surface area contributed by atoms with Crippen molar-refractivity contribution in [2.45, 2.75) is 5.92 Å². The number of rotatable bonds is 3. The Hall–Kier alpha value is -1.42. The summed E-state index contributed by atoms with van der Waals surface area (Å²) in [5.74, 6) is -0.728. The SMILES string of the molecule is COC(=O)C(CN)c1cccnc1. The molecular weight excluding hydrogens is 168 g/mol. The molecule has 0 aliphatic rings. The van der Waals surface area contributed by atoms with Gasteiger partial charge in [0.25, 0.3) is 0 Å². The molecule has 0 fully saturated rings. The second-order valence-corrected chi connectivity index (χ2v) is 2.60. The van der Waals surface area contributed by atoms with Crippen molar-refractivity contribution in [3.05, 3.63) is 30.1 Å². The number of esters is 1. The molecule has 2 N–H and O–H groups in total. The largest absolute Gasteiger partial charge is 0.469 e. The number of carbonyl (C=O) groups excluding carboxylic acids is 1. The molecule has 0 aliphatic heterocycles. The molecule has 1 unspecified atom stereocenters. The Morgan fingerprint density at radius 1 is 1.77 bits per heavy atom. The van der Waals surface area contributed by atoms with E-state index in [1.807, 2.05) is 0 Å². The Kier molecular flexibility index (Phi) is 3.40. The van der Waals surface area contributed by atoms with Crippen molar-refractivity contribution >= 4 is 5.97 Å². The topological polar surface area (TPSA) is 65.2 Å². The van der Waals surface area contributed by atoms with Gasteiger partial charge in [-0.3, -0.25) is 9.78 Å². The lowest BCUT2D eigenvalue weighted by molar-refractivity contribution is -0.142. The molecule has 0 bridgehead atoms. The van der Waals surface area contributed by atoms with Gasteiger partial charge in [-0.2, -0.15) is 0 Å². The van der Waals surface area contributed by atoms with Crippen molar-refractivity contribution < 1.29 is 9.53 Å². The summed E-state index contributed by atoms with van der Waals surface area (Å²) in [5, 5.41) is 0. The molecule has 4 nitrogen and oxygen atoms in total. The van der Waals surface area contributed by atoms with Crippen molar-refractivity contribution in [2.75, 3.05) is 13.7 Å². The number of methoxy groups -OCH3 is 1. The van der Waals surface area contributed by atoms with Crippen LogP contribution in [0.3, 0.4) is 0 Å². The van der Waals surface area contributed by atoms with Crippen LogP contribution in [0.25, 0.3) is 0 Å². The lowest BCUT2D eigenvalue weighted by Gasteiger charge is -2.11. The summed E-state index contributed by atoms with van der Waals surface area (Å²) in [6, 6.07) is 3.57. The lowest BCUT2D eigenvalue weighted by Crippen LogP contribution is -2.22. The van der Waals surface area contributed by atoms with E-state index >= 15 is 0 Å². The van der Waals surface area contributed by atoms with Crippen molar-refractivity contribution in [1.29, 1.82) is 0 Å². The van der Waals surface area contributed by atoms with Gasteiger partial charge in [0, 0.05) is 18.9 Å². The molecule has 4 heteroatoms. The van der Waals surface area contributed by atoms with E-state index in [1.54, 1.807) is 24.5 Å². The number of carbonyl (C=O) groups is 1. The van der Waals surface area contributed by atoms with Gasteiger partial charge in [0.15, 0.2) is 0 Å². The first-order chi connectivity index (χ1) is 6.29. The first kappa shape index (κ1) is 9.67. The third-order valence-electron chi connectivity index (χ3n) is 1.81. The van der Waals surface area contributed by atoms with Gasteiger partial charge < -0.3 is 10.5 Å². The molecule has 0 radical (unpaired) electrons. The van der Waals surface area contributed by atoms with Crippen LogP contribution in [0.5, 0.6) is 0 Å². The Morgan fingerprint density at radius 3 is 3.00 bits per heavy atom. The molecule has 0 aliphatic carbocycles. The van der Waals surface area contributed by atoms with Crippen LogP contribution in [0.2, 0.25) is 0 Å². The number of ether oxygens (including phenoxy) is 1. The smallest absolute Gasteiger partial charge is 0.314 e. The zero-order valence-electron chi connectivity index (χ0n) is 7.43. The standard InChI is InChI=1S/C9H12N2O2/c1-13-9(12)8(5-10)7-3-2-4-11-6-7/h2-4,6,8H,5,10H2,1H3. The number of aromatic nitrogens is 1. The maximum Gasteiger partial charge on any atom is 0.314 e. The van der Waals surface area contributed by atoms with Crippen LogP contribution in [-0.2, 0) is 9.53 Å². The van der Waals surface area contributed by atoms with Crippen LogP contribution in [0, 0.1) is 0 Å². The quantitative estimate of drug-likeness (QED) is 0.679. The van der Waals surface area contributed by atoms with Gasteiger partial charge in [-0.25, -0.2) is 0 Å². The van der Waals surface area contributed by atoms with E-state index in [1.165, 1.54) is 7.11 Å². The van der Waals surface area contributed by atoms with Crippen LogP contribution in [0.1, 0.15) is 11.5 Å². The van der Waals surface area contributed by atoms with E-state index in [4.69, 9.17) is 5.73 Å². The zero-order chi connectivity index (χ0) is 9.68. The van der Waals surface area contributed by atoms with Gasteiger partial charge in [-0.1, -0.05) is 6.07 Å². The Bertz CT molecular complexity index is 274. The van der Waals surface area contributed by atoms with Gasteiger partial charge in [-0.05, 0) is 11.6 Å². The number of nitrogens with two attached hydrogens (primary N) is 1. The van der Waals surface area contributed by atoms with Crippen molar-refractivity contribution in [1.82, 2.24) is 4.98 Å². The maximum absolute atomic E-state index is 11.2. The minimum absolute atomic E-state index is 0.234. The second-order valence-electron chi connectivity index (χ2n) is 2.60. The Balaban J connectivity index is 2.85. The maximum atomic E-state index is 11.2. The van der Waals surface area contributed by atoms with Gasteiger partial charge in [0.05, 0.1) is 13.0 Å². The average Bonchev–Trinajstić information content (AvgIpc) is 2.20. The predicted octanol–water partition coefficient (Wildman–Crippen LogP) is 0.297. The molecule has 1 rings (SSSR count). The minimum atomic E-state index is -0.404. The average molecular weight is 180 g/mol. The van der Waals surface area contributed by atoms with Crippen LogP contribution < -0.4 is 5.73 Å². The van der Waals surface area contributed by atoms with E-state index in [2.05, 4.69) is 9.72 Å². The highest BCUT2D eigenvalue weighted by Crippen LogP contribution is 2.13. The molecule has 1 aromatic rings. The molecule has 0 saturated heterocycles. The van der Waals surface area contributed by atoms with E-state index in [-0.39, 0.29) is 12.5 Å². The van der Waals surface area contributed by atoms with E-state index in [9.17, 15) is 4.79 Å². The molecule has 1 heterocycles. The number of hydrogen-bond donors (Lipinski definition) is 1. The van der Waals surface area contributed by atoms with Gasteiger partial charge >= 0.3 is 5.97 Å². The predicted molar refractivity (Wildman–Crippen MR) is 48.0 cm³/mol. The summed E-state index contributed by atoms with van der Waals surface area (Å²) in [6.07, 6.45) is 3.27. The molecule has 0 spiro atoms. The highest BCUT2D eigenvalue weighted by atomic mass is 16.5. The Labute approximate surface area is 76.7 Å². The number of hydrogen-bond acceptors (Lipinski definition) is 4.